The Hall–Kier alpha value is -3.42. The molecule has 2 N–H and O–H groups in total. The van der Waals surface area contributed by atoms with Gasteiger partial charge in [-0.15, -0.1) is 0 Å². The van der Waals surface area contributed by atoms with Gasteiger partial charge in [-0.2, -0.15) is 0 Å². The number of benzene rings is 1. The number of piperidine rings is 1. The van der Waals surface area contributed by atoms with Crippen LogP contribution in [0.15, 0.2) is 42.6 Å². The standard InChI is InChI=1S/C21H23N3O5/c1-28-20(26)15-4-2-14(3-5-15)13-29-21(27)16-8-10-24(11-9-16)18-7-6-17(12-23-18)19(22)25/h2-7,12,16H,8-11,13H2,1H3,(H2,22,25). The van der Waals surface area contributed by atoms with Gasteiger partial charge >= 0.3 is 11.9 Å². The number of nitrogens with zero attached hydrogens (tertiary/aromatic N) is 2. The van der Waals surface area contributed by atoms with Gasteiger partial charge in [0.25, 0.3) is 0 Å². The molecule has 3 rings (SSSR count). The molecular formula is C21H23N3O5. The first-order chi connectivity index (χ1) is 14.0. The van der Waals surface area contributed by atoms with E-state index in [1.165, 1.54) is 13.3 Å². The minimum atomic E-state index is -0.509. The molecule has 8 nitrogen and oxygen atoms in total. The predicted octanol–water partition coefficient (Wildman–Crippen LogP) is 1.93. The SMILES string of the molecule is COC(=O)c1ccc(COC(=O)C2CCN(c3ccc(C(N)=O)cn3)CC2)cc1. The first-order valence-corrected chi connectivity index (χ1v) is 9.32. The van der Waals surface area contributed by atoms with Gasteiger partial charge in [-0.1, -0.05) is 12.1 Å². The molecule has 1 aromatic carbocycles. The van der Waals surface area contributed by atoms with Crippen LogP contribution in [0.1, 0.15) is 39.1 Å². The van der Waals surface area contributed by atoms with E-state index < -0.39 is 11.9 Å². The average Bonchev–Trinajstić information content (AvgIpc) is 2.77. The van der Waals surface area contributed by atoms with Crippen molar-refractivity contribution in [3.8, 4) is 0 Å². The number of hydrogen-bond acceptors (Lipinski definition) is 7. The van der Waals surface area contributed by atoms with Crippen LogP contribution in [0.5, 0.6) is 0 Å². The monoisotopic (exact) mass is 397 g/mol. The summed E-state index contributed by atoms with van der Waals surface area (Å²) in [6.07, 6.45) is 2.79. The summed E-state index contributed by atoms with van der Waals surface area (Å²) in [5, 5.41) is 0. The molecule has 1 aromatic heterocycles. The zero-order valence-electron chi connectivity index (χ0n) is 16.2. The number of anilines is 1. The number of esters is 2. The first-order valence-electron chi connectivity index (χ1n) is 9.32. The van der Waals surface area contributed by atoms with Gasteiger partial charge in [0.15, 0.2) is 0 Å². The van der Waals surface area contributed by atoms with Crippen molar-refractivity contribution in [2.45, 2.75) is 19.4 Å². The quantitative estimate of drug-likeness (QED) is 0.741. The highest BCUT2D eigenvalue weighted by Crippen LogP contribution is 2.23. The lowest BCUT2D eigenvalue weighted by atomic mass is 9.97. The molecule has 0 unspecified atom stereocenters. The van der Waals surface area contributed by atoms with Crippen molar-refractivity contribution in [3.05, 3.63) is 59.3 Å². The average molecular weight is 397 g/mol. The van der Waals surface area contributed by atoms with E-state index in [-0.39, 0.29) is 18.5 Å². The van der Waals surface area contributed by atoms with Crippen LogP contribution in [0.25, 0.3) is 0 Å². The number of methoxy groups -OCH3 is 1. The number of aromatic nitrogens is 1. The van der Waals surface area contributed by atoms with E-state index in [4.69, 9.17) is 10.5 Å². The molecule has 0 aliphatic carbocycles. The van der Waals surface area contributed by atoms with Crippen LogP contribution >= 0.6 is 0 Å². The summed E-state index contributed by atoms with van der Waals surface area (Å²) in [5.74, 6) is -0.541. The summed E-state index contributed by atoms with van der Waals surface area (Å²) in [7, 11) is 1.33. The molecule has 152 valence electrons. The molecule has 8 heteroatoms. The molecule has 0 bridgehead atoms. The van der Waals surface area contributed by atoms with Crippen LogP contribution in [0.3, 0.4) is 0 Å². The second-order valence-electron chi connectivity index (χ2n) is 6.83. The number of hydrogen-bond donors (Lipinski definition) is 1. The Labute approximate surface area is 168 Å². The molecule has 0 spiro atoms. The Bertz CT molecular complexity index is 872. The van der Waals surface area contributed by atoms with Crippen molar-refractivity contribution >= 4 is 23.7 Å². The first kappa shape index (κ1) is 20.3. The van der Waals surface area contributed by atoms with Gasteiger partial charge in [0, 0.05) is 19.3 Å². The molecule has 2 aromatic rings. The van der Waals surface area contributed by atoms with Crippen LogP contribution in [0.2, 0.25) is 0 Å². The van der Waals surface area contributed by atoms with Crippen molar-refractivity contribution in [1.82, 2.24) is 4.98 Å². The van der Waals surface area contributed by atoms with E-state index in [9.17, 15) is 14.4 Å². The summed E-state index contributed by atoms with van der Waals surface area (Å²) in [5.41, 5.74) is 6.85. The van der Waals surface area contributed by atoms with Gasteiger partial charge in [-0.05, 0) is 42.7 Å². The van der Waals surface area contributed by atoms with Crippen molar-refractivity contribution < 1.29 is 23.9 Å². The van der Waals surface area contributed by atoms with Crippen LogP contribution < -0.4 is 10.6 Å². The second-order valence-corrected chi connectivity index (χ2v) is 6.83. The molecule has 1 amide bonds. The third kappa shape index (κ3) is 5.10. The Morgan fingerprint density at radius 3 is 2.28 bits per heavy atom. The summed E-state index contributed by atoms with van der Waals surface area (Å²) in [4.78, 5) is 41.3. The molecule has 0 radical (unpaired) electrons. The summed E-state index contributed by atoms with van der Waals surface area (Å²) in [6.45, 7) is 1.52. The summed E-state index contributed by atoms with van der Waals surface area (Å²) in [6, 6.07) is 10.2. The molecule has 1 aliphatic heterocycles. The van der Waals surface area contributed by atoms with E-state index in [1.807, 2.05) is 0 Å². The fraction of sp³-hybridized carbons (Fsp3) is 0.333. The maximum absolute atomic E-state index is 12.4. The van der Waals surface area contributed by atoms with Gasteiger partial charge < -0.3 is 20.1 Å². The van der Waals surface area contributed by atoms with Gasteiger partial charge in [0.05, 0.1) is 24.2 Å². The van der Waals surface area contributed by atoms with Gasteiger partial charge in [0.2, 0.25) is 5.91 Å². The second kappa shape index (κ2) is 9.18. The summed E-state index contributed by atoms with van der Waals surface area (Å²) >= 11 is 0. The van der Waals surface area contributed by atoms with Crippen LogP contribution in [-0.4, -0.2) is 43.0 Å². The molecule has 0 saturated carbocycles. The predicted molar refractivity (Wildman–Crippen MR) is 105 cm³/mol. The summed E-state index contributed by atoms with van der Waals surface area (Å²) < 4.78 is 10.1. The normalized spacial score (nSPS) is 14.3. The highest BCUT2D eigenvalue weighted by molar-refractivity contribution is 5.92. The lowest BCUT2D eigenvalue weighted by Gasteiger charge is -2.31. The van der Waals surface area contributed by atoms with Crippen LogP contribution in [0.4, 0.5) is 5.82 Å². The van der Waals surface area contributed by atoms with Crippen molar-refractivity contribution in [3.63, 3.8) is 0 Å². The van der Waals surface area contributed by atoms with Gasteiger partial charge in [-0.25, -0.2) is 9.78 Å². The van der Waals surface area contributed by atoms with Crippen molar-refractivity contribution in [2.24, 2.45) is 11.7 Å². The number of amides is 1. The highest BCUT2D eigenvalue weighted by atomic mass is 16.5. The smallest absolute Gasteiger partial charge is 0.337 e. The third-order valence-corrected chi connectivity index (χ3v) is 4.94. The number of rotatable bonds is 6. The maximum Gasteiger partial charge on any atom is 0.337 e. The molecule has 2 heterocycles. The number of ether oxygens (including phenoxy) is 2. The number of carbonyl (C=O) groups excluding carboxylic acids is 3. The van der Waals surface area contributed by atoms with Crippen molar-refractivity contribution in [2.75, 3.05) is 25.1 Å². The molecule has 0 atom stereocenters. The fourth-order valence-corrected chi connectivity index (χ4v) is 3.19. The van der Waals surface area contributed by atoms with E-state index in [0.29, 0.717) is 37.1 Å². The number of primary amides is 1. The fourth-order valence-electron chi connectivity index (χ4n) is 3.19. The third-order valence-electron chi connectivity index (χ3n) is 4.94. The number of nitrogens with two attached hydrogens (primary N) is 1. The Balaban J connectivity index is 1.47. The Kier molecular flexibility index (Phi) is 6.43. The zero-order valence-corrected chi connectivity index (χ0v) is 16.2. The van der Waals surface area contributed by atoms with E-state index in [2.05, 4.69) is 14.6 Å². The maximum atomic E-state index is 12.4. The van der Waals surface area contributed by atoms with E-state index >= 15 is 0 Å². The largest absolute Gasteiger partial charge is 0.465 e. The minimum Gasteiger partial charge on any atom is -0.465 e. The van der Waals surface area contributed by atoms with Crippen LogP contribution in [0, 0.1) is 5.92 Å². The molecule has 29 heavy (non-hydrogen) atoms. The lowest BCUT2D eigenvalue weighted by Crippen LogP contribution is -2.37. The Morgan fingerprint density at radius 1 is 1.07 bits per heavy atom. The molecule has 1 aliphatic rings. The van der Waals surface area contributed by atoms with E-state index in [1.54, 1.807) is 36.4 Å². The topological polar surface area (TPSA) is 112 Å². The van der Waals surface area contributed by atoms with Crippen LogP contribution in [-0.2, 0) is 20.9 Å². The van der Waals surface area contributed by atoms with Gasteiger partial charge in [0.1, 0.15) is 12.4 Å². The molecular weight excluding hydrogens is 374 g/mol. The van der Waals surface area contributed by atoms with Gasteiger partial charge in [-0.3, -0.25) is 9.59 Å². The molecule has 1 fully saturated rings. The zero-order chi connectivity index (χ0) is 20.8. The minimum absolute atomic E-state index is 0.162. The Morgan fingerprint density at radius 2 is 1.72 bits per heavy atom. The number of pyridine rings is 1. The van der Waals surface area contributed by atoms with E-state index in [0.717, 1.165) is 11.4 Å². The van der Waals surface area contributed by atoms with Crippen molar-refractivity contribution in [1.29, 1.82) is 0 Å². The highest BCUT2D eigenvalue weighted by Gasteiger charge is 2.27. The number of carbonyl (C=O) groups is 3. The lowest BCUT2D eigenvalue weighted by molar-refractivity contribution is -0.150. The molecule has 1 saturated heterocycles.